The number of unbranched alkanes of at least 4 members (excludes halogenated alkanes) is 1. The van der Waals surface area contributed by atoms with Crippen LogP contribution in [0.15, 0.2) is 24.3 Å². The largest absolute Gasteiger partial charge is 0.372 e. The van der Waals surface area contributed by atoms with Crippen LogP contribution in [0.1, 0.15) is 12.8 Å². The number of rotatable bonds is 5. The molecule has 1 rings (SSSR count). The first-order valence-corrected chi connectivity index (χ1v) is 5.89. The molecule has 0 unspecified atom stereocenters. The molecule has 0 amide bonds. The molecule has 1 nitrogen and oxygen atoms in total. The van der Waals surface area contributed by atoms with Crippen molar-refractivity contribution in [3.8, 4) is 0 Å². The molecule has 78 valence electrons. The molecule has 0 radical (unpaired) electrons. The van der Waals surface area contributed by atoms with Gasteiger partial charge in [-0.3, -0.25) is 0 Å². The van der Waals surface area contributed by atoms with E-state index >= 15 is 0 Å². The van der Waals surface area contributed by atoms with Crippen LogP contribution in [-0.2, 0) is 0 Å². The van der Waals surface area contributed by atoms with Crippen molar-refractivity contribution in [3.63, 3.8) is 0 Å². The van der Waals surface area contributed by atoms with Crippen molar-refractivity contribution in [1.82, 2.24) is 0 Å². The van der Waals surface area contributed by atoms with Gasteiger partial charge in [-0.1, -0.05) is 28.1 Å². The second-order valence-electron chi connectivity index (χ2n) is 3.27. The van der Waals surface area contributed by atoms with Gasteiger partial charge in [0.1, 0.15) is 5.82 Å². The number of anilines is 1. The summed E-state index contributed by atoms with van der Waals surface area (Å²) in [6, 6.07) is 6.88. The maximum atomic E-state index is 13.3. The van der Waals surface area contributed by atoms with Crippen molar-refractivity contribution < 1.29 is 4.39 Å². The summed E-state index contributed by atoms with van der Waals surface area (Å²) in [5.74, 6) is -0.145. The summed E-state index contributed by atoms with van der Waals surface area (Å²) >= 11 is 3.38. The smallest absolute Gasteiger partial charge is 0.146 e. The first-order chi connectivity index (χ1) is 6.75. The van der Waals surface area contributed by atoms with Crippen molar-refractivity contribution in [1.29, 1.82) is 0 Å². The lowest BCUT2D eigenvalue weighted by molar-refractivity contribution is 0.620. The molecule has 0 aliphatic carbocycles. The van der Waals surface area contributed by atoms with Crippen molar-refractivity contribution in [2.75, 3.05) is 23.8 Å². The van der Waals surface area contributed by atoms with Crippen molar-refractivity contribution in [2.45, 2.75) is 12.8 Å². The average Bonchev–Trinajstić information content (AvgIpc) is 2.18. The van der Waals surface area contributed by atoms with Crippen LogP contribution in [-0.4, -0.2) is 18.9 Å². The Hall–Kier alpha value is -0.570. The Labute approximate surface area is 93.0 Å². The minimum absolute atomic E-state index is 0.145. The van der Waals surface area contributed by atoms with Crippen molar-refractivity contribution in [3.05, 3.63) is 30.1 Å². The highest BCUT2D eigenvalue weighted by Crippen LogP contribution is 2.17. The Morgan fingerprint density at radius 1 is 1.29 bits per heavy atom. The summed E-state index contributed by atoms with van der Waals surface area (Å²) < 4.78 is 13.3. The maximum absolute atomic E-state index is 13.3. The third-order valence-electron chi connectivity index (χ3n) is 2.14. The zero-order valence-corrected chi connectivity index (χ0v) is 9.93. The second kappa shape index (κ2) is 6.02. The molecular formula is C11H15BrFN. The fourth-order valence-corrected chi connectivity index (χ4v) is 1.72. The number of halogens is 2. The number of nitrogens with zero attached hydrogens (tertiary/aromatic N) is 1. The zero-order chi connectivity index (χ0) is 10.4. The van der Waals surface area contributed by atoms with Crippen LogP contribution >= 0.6 is 15.9 Å². The number of hydrogen-bond donors (Lipinski definition) is 0. The summed E-state index contributed by atoms with van der Waals surface area (Å²) in [6.45, 7) is 0.895. The molecule has 0 aromatic heterocycles. The number of alkyl halides is 1. The molecule has 0 N–H and O–H groups in total. The van der Waals surface area contributed by atoms with Gasteiger partial charge in [0.15, 0.2) is 0 Å². The number of hydrogen-bond acceptors (Lipinski definition) is 1. The molecule has 14 heavy (non-hydrogen) atoms. The zero-order valence-electron chi connectivity index (χ0n) is 8.34. The Morgan fingerprint density at radius 2 is 2.00 bits per heavy atom. The highest BCUT2D eigenvalue weighted by atomic mass is 79.9. The third kappa shape index (κ3) is 3.29. The molecule has 3 heteroatoms. The van der Waals surface area contributed by atoms with E-state index < -0.39 is 0 Å². The van der Waals surface area contributed by atoms with Crippen LogP contribution in [0.3, 0.4) is 0 Å². The molecule has 0 spiro atoms. The van der Waals surface area contributed by atoms with E-state index in [1.165, 1.54) is 6.07 Å². The molecule has 1 aromatic carbocycles. The molecule has 0 saturated carbocycles. The predicted octanol–water partition coefficient (Wildman–Crippen LogP) is 3.44. The van der Waals surface area contributed by atoms with Gasteiger partial charge in [-0.2, -0.15) is 0 Å². The lowest BCUT2D eigenvalue weighted by atomic mass is 10.2. The van der Waals surface area contributed by atoms with Crippen molar-refractivity contribution in [2.24, 2.45) is 0 Å². The minimum atomic E-state index is -0.145. The Bertz CT molecular complexity index is 278. The Balaban J connectivity index is 2.51. The second-order valence-corrected chi connectivity index (χ2v) is 4.06. The molecule has 0 heterocycles. The lowest BCUT2D eigenvalue weighted by Crippen LogP contribution is -2.19. The molecule has 0 atom stereocenters. The summed E-state index contributed by atoms with van der Waals surface area (Å²) in [5, 5.41) is 1.01. The monoisotopic (exact) mass is 259 g/mol. The fourth-order valence-electron chi connectivity index (χ4n) is 1.33. The van der Waals surface area contributed by atoms with E-state index in [1.807, 2.05) is 24.1 Å². The molecule has 1 aromatic rings. The molecule has 0 aliphatic heterocycles. The van der Waals surface area contributed by atoms with E-state index in [4.69, 9.17) is 0 Å². The Morgan fingerprint density at radius 3 is 2.64 bits per heavy atom. The van der Waals surface area contributed by atoms with Gasteiger partial charge in [0.05, 0.1) is 5.69 Å². The third-order valence-corrected chi connectivity index (χ3v) is 2.70. The predicted molar refractivity (Wildman–Crippen MR) is 62.7 cm³/mol. The molecule has 0 fully saturated rings. The first-order valence-electron chi connectivity index (χ1n) is 4.77. The minimum Gasteiger partial charge on any atom is -0.372 e. The highest BCUT2D eigenvalue weighted by molar-refractivity contribution is 9.09. The molecule has 0 bridgehead atoms. The molecule has 0 saturated heterocycles. The quantitative estimate of drug-likeness (QED) is 0.579. The van der Waals surface area contributed by atoms with Gasteiger partial charge in [0, 0.05) is 18.9 Å². The van der Waals surface area contributed by atoms with Crippen LogP contribution < -0.4 is 4.90 Å². The summed E-state index contributed by atoms with van der Waals surface area (Å²) in [7, 11) is 1.92. The van der Waals surface area contributed by atoms with Crippen molar-refractivity contribution >= 4 is 21.6 Å². The van der Waals surface area contributed by atoms with E-state index in [2.05, 4.69) is 15.9 Å². The normalized spacial score (nSPS) is 10.2. The van der Waals surface area contributed by atoms with Gasteiger partial charge in [-0.05, 0) is 25.0 Å². The van der Waals surface area contributed by atoms with Gasteiger partial charge in [0.25, 0.3) is 0 Å². The van der Waals surface area contributed by atoms with Gasteiger partial charge >= 0.3 is 0 Å². The topological polar surface area (TPSA) is 3.24 Å². The van der Waals surface area contributed by atoms with Gasteiger partial charge in [0.2, 0.25) is 0 Å². The van der Waals surface area contributed by atoms with E-state index in [0.29, 0.717) is 5.69 Å². The van der Waals surface area contributed by atoms with Crippen LogP contribution in [0.5, 0.6) is 0 Å². The maximum Gasteiger partial charge on any atom is 0.146 e. The summed E-state index contributed by atoms with van der Waals surface area (Å²) in [6.07, 6.45) is 2.20. The standard InChI is InChI=1S/C11H15BrFN/c1-14(9-5-4-8-12)11-7-3-2-6-10(11)13/h2-3,6-7H,4-5,8-9H2,1H3. The summed E-state index contributed by atoms with van der Waals surface area (Å²) in [4.78, 5) is 1.96. The van der Waals surface area contributed by atoms with E-state index in [1.54, 1.807) is 6.07 Å². The van der Waals surface area contributed by atoms with Gasteiger partial charge < -0.3 is 4.90 Å². The lowest BCUT2D eigenvalue weighted by Gasteiger charge is -2.19. The molecular weight excluding hydrogens is 245 g/mol. The number of para-hydroxylation sites is 1. The van der Waals surface area contributed by atoms with Crippen LogP contribution in [0.4, 0.5) is 10.1 Å². The fraction of sp³-hybridized carbons (Fsp3) is 0.455. The van der Waals surface area contributed by atoms with Gasteiger partial charge in [-0.25, -0.2) is 4.39 Å². The van der Waals surface area contributed by atoms with Crippen LogP contribution in [0.25, 0.3) is 0 Å². The van der Waals surface area contributed by atoms with E-state index in [9.17, 15) is 4.39 Å². The average molecular weight is 260 g/mol. The SMILES string of the molecule is CN(CCCCBr)c1ccccc1F. The first kappa shape index (κ1) is 11.5. The number of benzene rings is 1. The van der Waals surface area contributed by atoms with E-state index in [0.717, 1.165) is 24.7 Å². The van der Waals surface area contributed by atoms with E-state index in [-0.39, 0.29) is 5.82 Å². The van der Waals surface area contributed by atoms with Crippen LogP contribution in [0.2, 0.25) is 0 Å². The highest BCUT2D eigenvalue weighted by Gasteiger charge is 2.04. The van der Waals surface area contributed by atoms with Gasteiger partial charge in [-0.15, -0.1) is 0 Å². The molecule has 0 aliphatic rings. The Kier molecular flexibility index (Phi) is 4.94. The van der Waals surface area contributed by atoms with Crippen LogP contribution in [0, 0.1) is 5.82 Å². The summed E-state index contributed by atoms with van der Waals surface area (Å²) in [5.41, 5.74) is 0.682.